The molecule has 0 aliphatic heterocycles. The fourth-order valence-corrected chi connectivity index (χ4v) is 3.21. The topological polar surface area (TPSA) is 0 Å². The summed E-state index contributed by atoms with van der Waals surface area (Å²) in [4.78, 5) is 0. The first-order valence-electron chi connectivity index (χ1n) is 5.44. The summed E-state index contributed by atoms with van der Waals surface area (Å²) in [5.41, 5.74) is 1.52. The predicted molar refractivity (Wildman–Crippen MR) is 53.0 cm³/mol. The quantitative estimate of drug-likeness (QED) is 0.478. The minimum absolute atomic E-state index is 0.997. The molecule has 0 aromatic carbocycles. The first-order valence-corrected chi connectivity index (χ1v) is 5.44. The van der Waals surface area contributed by atoms with Crippen molar-refractivity contribution in [3.63, 3.8) is 0 Å². The van der Waals surface area contributed by atoms with Crippen LogP contribution >= 0.6 is 0 Å². The molecule has 0 saturated heterocycles. The number of fused-ring (bicyclic) bond motifs is 1. The van der Waals surface area contributed by atoms with Gasteiger partial charge in [-0.25, -0.2) is 0 Å². The highest BCUT2D eigenvalue weighted by atomic mass is 14.4. The van der Waals surface area contributed by atoms with E-state index >= 15 is 0 Å². The zero-order chi connectivity index (χ0) is 8.55. The fourth-order valence-electron chi connectivity index (χ4n) is 3.21. The van der Waals surface area contributed by atoms with Gasteiger partial charge in [-0.3, -0.25) is 0 Å². The highest BCUT2D eigenvalue weighted by Gasteiger charge is 2.33. The van der Waals surface area contributed by atoms with Gasteiger partial charge in [0.15, 0.2) is 0 Å². The molecule has 2 saturated carbocycles. The van der Waals surface area contributed by atoms with Gasteiger partial charge in [-0.1, -0.05) is 31.9 Å². The lowest BCUT2D eigenvalue weighted by atomic mass is 9.65. The van der Waals surface area contributed by atoms with Crippen LogP contribution in [0, 0.1) is 17.8 Å². The average Bonchev–Trinajstić information content (AvgIpc) is 2.04. The summed E-state index contributed by atoms with van der Waals surface area (Å²) in [6, 6.07) is 0. The third-order valence-electron chi connectivity index (χ3n) is 3.95. The molecule has 0 radical (unpaired) electrons. The molecule has 0 heteroatoms. The second kappa shape index (κ2) is 3.24. The average molecular weight is 164 g/mol. The van der Waals surface area contributed by atoms with Gasteiger partial charge in [-0.2, -0.15) is 0 Å². The van der Waals surface area contributed by atoms with E-state index in [9.17, 15) is 0 Å². The summed E-state index contributed by atoms with van der Waals surface area (Å²) in [5.74, 6) is 3.05. The van der Waals surface area contributed by atoms with E-state index in [0.717, 1.165) is 17.8 Å². The first kappa shape index (κ1) is 8.34. The Labute approximate surface area is 76.1 Å². The molecule has 0 aromatic rings. The molecule has 12 heavy (non-hydrogen) atoms. The molecular weight excluding hydrogens is 144 g/mol. The fraction of sp³-hybridized carbons (Fsp3) is 0.833. The lowest BCUT2D eigenvalue weighted by Gasteiger charge is -2.40. The van der Waals surface area contributed by atoms with Gasteiger partial charge in [0.2, 0.25) is 0 Å². The van der Waals surface area contributed by atoms with Crippen LogP contribution in [0.15, 0.2) is 12.2 Å². The highest BCUT2D eigenvalue weighted by Crippen LogP contribution is 2.44. The number of rotatable bonds is 0. The minimum Gasteiger partial charge on any atom is -0.0999 e. The van der Waals surface area contributed by atoms with Crippen molar-refractivity contribution >= 4 is 0 Å². The second-order valence-electron chi connectivity index (χ2n) is 4.82. The second-order valence-corrected chi connectivity index (χ2v) is 4.82. The van der Waals surface area contributed by atoms with Crippen LogP contribution in [0.25, 0.3) is 0 Å². The lowest BCUT2D eigenvalue weighted by molar-refractivity contribution is 0.136. The Morgan fingerprint density at radius 3 is 2.92 bits per heavy atom. The molecule has 2 aliphatic carbocycles. The van der Waals surface area contributed by atoms with Crippen molar-refractivity contribution in [2.24, 2.45) is 17.8 Å². The van der Waals surface area contributed by atoms with E-state index in [4.69, 9.17) is 0 Å². The smallest absolute Gasteiger partial charge is 0.0292 e. The van der Waals surface area contributed by atoms with Crippen LogP contribution in [-0.2, 0) is 0 Å². The molecular formula is C12H20. The van der Waals surface area contributed by atoms with Crippen molar-refractivity contribution in [3.05, 3.63) is 12.2 Å². The van der Waals surface area contributed by atoms with E-state index in [1.807, 2.05) is 0 Å². The molecule has 2 rings (SSSR count). The summed E-state index contributed by atoms with van der Waals surface area (Å²) in [5, 5.41) is 0. The van der Waals surface area contributed by atoms with Crippen molar-refractivity contribution in [1.82, 2.24) is 0 Å². The van der Waals surface area contributed by atoms with E-state index in [-0.39, 0.29) is 0 Å². The Bertz CT molecular complexity index is 180. The minimum atomic E-state index is 0.997. The van der Waals surface area contributed by atoms with Gasteiger partial charge in [0, 0.05) is 0 Å². The maximum absolute atomic E-state index is 4.13. The molecule has 0 spiro atoms. The normalized spacial score (nSPS) is 42.4. The van der Waals surface area contributed by atoms with Crippen molar-refractivity contribution in [2.45, 2.75) is 45.4 Å². The van der Waals surface area contributed by atoms with Gasteiger partial charge < -0.3 is 0 Å². The van der Waals surface area contributed by atoms with Crippen molar-refractivity contribution in [3.8, 4) is 0 Å². The van der Waals surface area contributed by atoms with Crippen LogP contribution in [0.2, 0.25) is 0 Å². The number of allylic oxidation sites excluding steroid dienone is 1. The largest absolute Gasteiger partial charge is 0.0999 e. The summed E-state index contributed by atoms with van der Waals surface area (Å²) >= 11 is 0. The summed E-state index contributed by atoms with van der Waals surface area (Å²) in [6.07, 6.45) is 8.52. The molecule has 68 valence electrons. The van der Waals surface area contributed by atoms with Gasteiger partial charge in [0.05, 0.1) is 0 Å². The molecule has 3 atom stereocenters. The van der Waals surface area contributed by atoms with Gasteiger partial charge in [-0.15, -0.1) is 0 Å². The highest BCUT2D eigenvalue weighted by molar-refractivity contribution is 5.03. The summed E-state index contributed by atoms with van der Waals surface area (Å²) in [6.45, 7) is 6.58. The van der Waals surface area contributed by atoms with Crippen molar-refractivity contribution in [2.75, 3.05) is 0 Å². The zero-order valence-electron chi connectivity index (χ0n) is 8.18. The Balaban J connectivity index is 2.04. The van der Waals surface area contributed by atoms with Crippen molar-refractivity contribution in [1.29, 1.82) is 0 Å². The maximum Gasteiger partial charge on any atom is -0.0292 e. The standard InChI is InChI=1S/C12H20/c1-9-6-7-12-10(2)4-3-5-11(12)8-9/h10-12H,1,3-8H2,2H3/t10-,11?,12?/m0/s1. The van der Waals surface area contributed by atoms with Gasteiger partial charge in [0.1, 0.15) is 0 Å². The van der Waals surface area contributed by atoms with E-state index in [2.05, 4.69) is 13.5 Å². The molecule has 0 aromatic heterocycles. The van der Waals surface area contributed by atoms with Crippen LogP contribution < -0.4 is 0 Å². The summed E-state index contributed by atoms with van der Waals surface area (Å²) < 4.78 is 0. The zero-order valence-corrected chi connectivity index (χ0v) is 8.18. The van der Waals surface area contributed by atoms with E-state index in [1.54, 1.807) is 0 Å². The van der Waals surface area contributed by atoms with Crippen LogP contribution in [0.1, 0.15) is 45.4 Å². The third kappa shape index (κ3) is 1.44. The summed E-state index contributed by atoms with van der Waals surface area (Å²) in [7, 11) is 0. The Morgan fingerprint density at radius 1 is 1.25 bits per heavy atom. The van der Waals surface area contributed by atoms with Gasteiger partial charge in [-0.05, 0) is 43.4 Å². The van der Waals surface area contributed by atoms with Gasteiger partial charge in [0.25, 0.3) is 0 Å². The van der Waals surface area contributed by atoms with Crippen LogP contribution in [0.5, 0.6) is 0 Å². The third-order valence-corrected chi connectivity index (χ3v) is 3.95. The Kier molecular flexibility index (Phi) is 2.25. The molecule has 0 bridgehead atoms. The van der Waals surface area contributed by atoms with Crippen LogP contribution in [0.4, 0.5) is 0 Å². The van der Waals surface area contributed by atoms with Crippen LogP contribution in [0.3, 0.4) is 0 Å². The van der Waals surface area contributed by atoms with Crippen molar-refractivity contribution < 1.29 is 0 Å². The molecule has 2 aliphatic rings. The van der Waals surface area contributed by atoms with Crippen LogP contribution in [-0.4, -0.2) is 0 Å². The maximum atomic E-state index is 4.13. The number of hydrogen-bond donors (Lipinski definition) is 0. The Hall–Kier alpha value is -0.260. The van der Waals surface area contributed by atoms with Gasteiger partial charge >= 0.3 is 0 Å². The SMILES string of the molecule is C=C1CCC2C(CCC[C@@H]2C)C1. The monoisotopic (exact) mass is 164 g/mol. The molecule has 0 nitrogen and oxygen atoms in total. The van der Waals surface area contributed by atoms with E-state index < -0.39 is 0 Å². The lowest BCUT2D eigenvalue weighted by Crippen LogP contribution is -2.29. The molecule has 2 unspecified atom stereocenters. The molecule has 2 fully saturated rings. The first-order chi connectivity index (χ1) is 5.77. The molecule has 0 N–H and O–H groups in total. The molecule has 0 amide bonds. The van der Waals surface area contributed by atoms with E-state index in [0.29, 0.717) is 0 Å². The number of hydrogen-bond acceptors (Lipinski definition) is 0. The van der Waals surface area contributed by atoms with E-state index in [1.165, 1.54) is 44.1 Å². The Morgan fingerprint density at radius 2 is 2.08 bits per heavy atom. The predicted octanol–water partition coefficient (Wildman–Crippen LogP) is 3.78. The molecule has 0 heterocycles.